The summed E-state index contributed by atoms with van der Waals surface area (Å²) in [6, 6.07) is 13.8. The minimum Gasteiger partial charge on any atom is -0.487 e. The molecule has 4 rings (SSSR count). The average Bonchev–Trinajstić information content (AvgIpc) is 3.26. The molecule has 0 bridgehead atoms. The summed E-state index contributed by atoms with van der Waals surface area (Å²) in [5.41, 5.74) is 0.643. The van der Waals surface area contributed by atoms with E-state index < -0.39 is 17.7 Å². The van der Waals surface area contributed by atoms with E-state index in [0.29, 0.717) is 27.1 Å². The van der Waals surface area contributed by atoms with Crippen LogP contribution in [0.4, 0.5) is 13.2 Å². The third kappa shape index (κ3) is 5.57. The molecule has 37 heavy (non-hydrogen) atoms. The minimum absolute atomic E-state index is 0.0223. The smallest absolute Gasteiger partial charge is 0.417 e. The van der Waals surface area contributed by atoms with Gasteiger partial charge in [0.1, 0.15) is 23.7 Å². The monoisotopic (exact) mass is 549 g/mol. The Labute approximate surface area is 220 Å². The highest BCUT2D eigenvalue weighted by Gasteiger charge is 2.34. The van der Waals surface area contributed by atoms with Gasteiger partial charge in [-0.15, -0.1) is 5.10 Å². The second-order valence-corrected chi connectivity index (χ2v) is 9.25. The molecule has 4 aromatic rings. The molecule has 192 valence electrons. The van der Waals surface area contributed by atoms with Gasteiger partial charge in [0.2, 0.25) is 0 Å². The lowest BCUT2D eigenvalue weighted by Crippen LogP contribution is -2.11. The largest absolute Gasteiger partial charge is 0.487 e. The van der Waals surface area contributed by atoms with Crippen molar-refractivity contribution < 1.29 is 27.8 Å². The van der Waals surface area contributed by atoms with Gasteiger partial charge < -0.3 is 9.84 Å². The number of hydrogen-bond donors (Lipinski definition) is 1. The van der Waals surface area contributed by atoms with E-state index in [4.69, 9.17) is 33.0 Å². The second kappa shape index (κ2) is 10.4. The number of aromatic nitrogens is 3. The first-order valence-electron chi connectivity index (χ1n) is 11.0. The molecule has 0 aliphatic rings. The molecule has 0 fully saturated rings. The zero-order valence-electron chi connectivity index (χ0n) is 19.6. The third-order valence-electron chi connectivity index (χ3n) is 5.60. The molecule has 0 amide bonds. The summed E-state index contributed by atoms with van der Waals surface area (Å²) < 4.78 is 49.2. The molecule has 0 radical (unpaired) electrons. The summed E-state index contributed by atoms with van der Waals surface area (Å²) in [4.78, 5) is 11.1. The quantitative estimate of drug-likeness (QED) is 0.256. The number of benzene rings is 3. The van der Waals surface area contributed by atoms with Crippen LogP contribution in [-0.4, -0.2) is 26.1 Å². The van der Waals surface area contributed by atoms with Crippen LogP contribution in [0.15, 0.2) is 60.7 Å². The molecule has 0 spiro atoms. The van der Waals surface area contributed by atoms with E-state index in [1.54, 1.807) is 18.2 Å². The Morgan fingerprint density at radius 3 is 2.27 bits per heavy atom. The first kappa shape index (κ1) is 26.5. The highest BCUT2D eigenvalue weighted by Crippen LogP contribution is 2.39. The van der Waals surface area contributed by atoms with Crippen molar-refractivity contribution in [1.82, 2.24) is 15.0 Å². The summed E-state index contributed by atoms with van der Waals surface area (Å²) in [6.07, 6.45) is -4.68. The molecule has 1 N–H and O–H groups in total. The third-order valence-corrected chi connectivity index (χ3v) is 6.21. The first-order valence-corrected chi connectivity index (χ1v) is 11.8. The van der Waals surface area contributed by atoms with E-state index in [1.165, 1.54) is 41.1 Å². The Balaban J connectivity index is 1.70. The Morgan fingerprint density at radius 1 is 1.05 bits per heavy atom. The number of carboxylic acids is 1. The minimum atomic E-state index is -4.68. The predicted molar refractivity (Wildman–Crippen MR) is 134 cm³/mol. The van der Waals surface area contributed by atoms with Crippen LogP contribution < -0.4 is 4.74 Å². The van der Waals surface area contributed by atoms with Crippen molar-refractivity contribution in [2.45, 2.75) is 32.5 Å². The fourth-order valence-corrected chi connectivity index (χ4v) is 4.37. The molecular weight excluding hydrogens is 530 g/mol. The summed E-state index contributed by atoms with van der Waals surface area (Å²) in [5.74, 6) is -1.25. The number of nitrogens with zero attached hydrogens (tertiary/aromatic N) is 3. The Morgan fingerprint density at radius 2 is 1.70 bits per heavy atom. The maximum absolute atomic E-state index is 14.0. The van der Waals surface area contributed by atoms with Gasteiger partial charge in [-0.05, 0) is 53.4 Å². The number of carboxylic acid groups (broad SMARTS) is 1. The van der Waals surface area contributed by atoms with E-state index in [9.17, 15) is 18.0 Å². The fourth-order valence-electron chi connectivity index (χ4n) is 3.81. The molecule has 0 aliphatic heterocycles. The zero-order valence-corrected chi connectivity index (χ0v) is 21.1. The second-order valence-electron chi connectivity index (χ2n) is 8.43. The highest BCUT2D eigenvalue weighted by molar-refractivity contribution is 6.37. The van der Waals surface area contributed by atoms with Gasteiger partial charge in [0, 0.05) is 0 Å². The average molecular weight is 550 g/mol. The topological polar surface area (TPSA) is 77.2 Å². The number of aromatic carboxylic acids is 1. The standard InChI is InChI=1S/C26H20Cl2F3N3O3/c1-14(2)23-22(34(33-32-23)24-20(27)4-3-5-21(24)28)13-37-17-10-11-18(19(12-17)26(29,30)31)15-6-8-16(9-7-15)25(35)36/h3-12,14H,13H2,1-2H3,(H,35,36). The number of hydrogen-bond acceptors (Lipinski definition) is 4. The van der Waals surface area contributed by atoms with Crippen molar-refractivity contribution in [1.29, 1.82) is 0 Å². The Bertz CT molecular complexity index is 1430. The van der Waals surface area contributed by atoms with Crippen molar-refractivity contribution in [3.8, 4) is 22.6 Å². The summed E-state index contributed by atoms with van der Waals surface area (Å²) in [7, 11) is 0. The van der Waals surface area contributed by atoms with E-state index in [2.05, 4.69) is 10.3 Å². The van der Waals surface area contributed by atoms with Gasteiger partial charge in [0.15, 0.2) is 0 Å². The van der Waals surface area contributed by atoms with Crippen LogP contribution in [0.5, 0.6) is 5.75 Å². The maximum Gasteiger partial charge on any atom is 0.417 e. The summed E-state index contributed by atoms with van der Waals surface area (Å²) in [6.45, 7) is 3.66. The summed E-state index contributed by atoms with van der Waals surface area (Å²) in [5, 5.41) is 18.1. The Kier molecular flexibility index (Phi) is 7.47. The molecule has 3 aromatic carbocycles. The van der Waals surface area contributed by atoms with Gasteiger partial charge in [-0.1, -0.05) is 66.5 Å². The number of carbonyl (C=O) groups is 1. The fraction of sp³-hybridized carbons (Fsp3) is 0.192. The SMILES string of the molecule is CC(C)c1nnn(-c2c(Cl)cccc2Cl)c1COc1ccc(-c2ccc(C(=O)O)cc2)c(C(F)(F)F)c1. The molecular formula is C26H20Cl2F3N3O3. The van der Waals surface area contributed by atoms with Crippen LogP contribution in [-0.2, 0) is 12.8 Å². The van der Waals surface area contributed by atoms with Gasteiger partial charge >= 0.3 is 12.1 Å². The van der Waals surface area contributed by atoms with Crippen molar-refractivity contribution >= 4 is 29.2 Å². The van der Waals surface area contributed by atoms with Crippen molar-refractivity contribution in [2.75, 3.05) is 0 Å². The van der Waals surface area contributed by atoms with E-state index in [0.717, 1.165) is 6.07 Å². The van der Waals surface area contributed by atoms with Gasteiger partial charge in [0.25, 0.3) is 0 Å². The molecule has 1 heterocycles. The van der Waals surface area contributed by atoms with E-state index in [-0.39, 0.29) is 35.0 Å². The molecule has 0 unspecified atom stereocenters. The number of rotatable bonds is 7. The van der Waals surface area contributed by atoms with Crippen LogP contribution in [0.2, 0.25) is 10.0 Å². The molecule has 6 nitrogen and oxygen atoms in total. The lowest BCUT2D eigenvalue weighted by Gasteiger charge is -2.17. The van der Waals surface area contributed by atoms with Gasteiger partial charge in [-0.2, -0.15) is 13.2 Å². The molecule has 1 aromatic heterocycles. The van der Waals surface area contributed by atoms with Crippen LogP contribution in [0, 0.1) is 0 Å². The molecule has 0 saturated carbocycles. The number of ether oxygens (including phenoxy) is 1. The van der Waals surface area contributed by atoms with Gasteiger partial charge in [0.05, 0.1) is 26.9 Å². The van der Waals surface area contributed by atoms with Gasteiger partial charge in [-0.3, -0.25) is 0 Å². The number of alkyl halides is 3. The summed E-state index contributed by atoms with van der Waals surface area (Å²) >= 11 is 12.7. The maximum atomic E-state index is 14.0. The van der Waals surface area contributed by atoms with Crippen molar-refractivity contribution in [3.63, 3.8) is 0 Å². The Hall–Kier alpha value is -3.56. The van der Waals surface area contributed by atoms with E-state index >= 15 is 0 Å². The zero-order chi connectivity index (χ0) is 26.9. The normalized spacial score (nSPS) is 11.7. The van der Waals surface area contributed by atoms with Crippen LogP contribution in [0.1, 0.15) is 47.1 Å². The van der Waals surface area contributed by atoms with Crippen LogP contribution >= 0.6 is 23.2 Å². The number of para-hydroxylation sites is 1. The lowest BCUT2D eigenvalue weighted by atomic mass is 9.98. The van der Waals surface area contributed by atoms with E-state index in [1.807, 2.05) is 13.8 Å². The highest BCUT2D eigenvalue weighted by atomic mass is 35.5. The molecule has 0 atom stereocenters. The van der Waals surface area contributed by atoms with Crippen LogP contribution in [0.3, 0.4) is 0 Å². The lowest BCUT2D eigenvalue weighted by molar-refractivity contribution is -0.137. The first-order chi connectivity index (χ1) is 17.5. The number of halogens is 5. The molecule has 0 saturated heterocycles. The van der Waals surface area contributed by atoms with Crippen LogP contribution in [0.25, 0.3) is 16.8 Å². The van der Waals surface area contributed by atoms with Crippen molar-refractivity contribution in [3.05, 3.63) is 93.2 Å². The molecule has 11 heteroatoms. The predicted octanol–water partition coefficient (Wildman–Crippen LogP) is 7.66. The molecule has 0 aliphatic carbocycles. The van der Waals surface area contributed by atoms with Crippen molar-refractivity contribution in [2.24, 2.45) is 0 Å². The van der Waals surface area contributed by atoms with Gasteiger partial charge in [-0.25, -0.2) is 9.48 Å².